The molecule has 1 fully saturated rings. The van der Waals surface area contributed by atoms with E-state index in [9.17, 15) is 4.79 Å². The fourth-order valence-electron chi connectivity index (χ4n) is 4.40. The van der Waals surface area contributed by atoms with Crippen molar-refractivity contribution >= 4 is 36.4 Å². The minimum atomic E-state index is -0.0692. The van der Waals surface area contributed by atoms with Crippen LogP contribution in [0.15, 0.2) is 41.0 Å². The van der Waals surface area contributed by atoms with E-state index in [1.165, 1.54) is 11.3 Å². The van der Waals surface area contributed by atoms with Crippen molar-refractivity contribution in [3.05, 3.63) is 53.5 Å². The minimum Gasteiger partial charge on any atom is -0.467 e. The lowest BCUT2D eigenvalue weighted by atomic mass is 9.79. The first-order valence-corrected chi connectivity index (χ1v) is 9.82. The van der Waals surface area contributed by atoms with Crippen molar-refractivity contribution in [3.8, 4) is 0 Å². The van der Waals surface area contributed by atoms with Crippen molar-refractivity contribution in [2.45, 2.75) is 52.2 Å². The van der Waals surface area contributed by atoms with E-state index >= 15 is 0 Å². The van der Waals surface area contributed by atoms with Crippen LogP contribution in [-0.2, 0) is 13.0 Å². The Morgan fingerprint density at radius 2 is 1.97 bits per heavy atom. The molecule has 2 unspecified atom stereocenters. The monoisotopic (exact) mass is 439 g/mol. The molecule has 0 aliphatic carbocycles. The van der Waals surface area contributed by atoms with Crippen LogP contribution in [0.3, 0.4) is 0 Å². The maximum Gasteiger partial charge on any atom is 0.257 e. The summed E-state index contributed by atoms with van der Waals surface area (Å²) in [6.07, 6.45) is 3.50. The first-order chi connectivity index (χ1) is 12.9. The van der Waals surface area contributed by atoms with E-state index in [1.54, 1.807) is 6.26 Å². The molecule has 29 heavy (non-hydrogen) atoms. The second kappa shape index (κ2) is 8.99. The molecule has 2 aliphatic rings. The number of para-hydroxylation sites is 1. The predicted octanol–water partition coefficient (Wildman–Crippen LogP) is 4.27. The van der Waals surface area contributed by atoms with Crippen molar-refractivity contribution in [2.75, 3.05) is 18.0 Å². The molecule has 0 spiro atoms. The summed E-state index contributed by atoms with van der Waals surface area (Å²) >= 11 is 0. The first-order valence-electron chi connectivity index (χ1n) is 9.82. The Balaban J connectivity index is 0.00000150. The summed E-state index contributed by atoms with van der Waals surface area (Å²) in [5, 5.41) is 0. The number of halogens is 2. The van der Waals surface area contributed by atoms with Crippen LogP contribution in [0.4, 0.5) is 5.69 Å². The van der Waals surface area contributed by atoms with Crippen molar-refractivity contribution in [1.29, 1.82) is 0 Å². The van der Waals surface area contributed by atoms with Crippen LogP contribution in [0.2, 0.25) is 0 Å². The number of likely N-dealkylation sites (tertiary alicyclic amines) is 1. The van der Waals surface area contributed by atoms with Crippen LogP contribution in [0.1, 0.15) is 48.9 Å². The van der Waals surface area contributed by atoms with Crippen LogP contribution >= 0.6 is 24.8 Å². The summed E-state index contributed by atoms with van der Waals surface area (Å²) < 4.78 is 5.76. The molecule has 2 atom stereocenters. The van der Waals surface area contributed by atoms with Crippen molar-refractivity contribution in [3.63, 3.8) is 0 Å². The number of carbonyl (C=O) groups excluding carboxylic acids is 1. The Morgan fingerprint density at radius 3 is 2.69 bits per heavy atom. The number of carbonyl (C=O) groups is 1. The predicted molar refractivity (Wildman–Crippen MR) is 121 cm³/mol. The number of hydrogen-bond acceptors (Lipinski definition) is 4. The zero-order chi connectivity index (χ0) is 19.2. The van der Waals surface area contributed by atoms with Gasteiger partial charge in [0.05, 0.1) is 18.4 Å². The lowest BCUT2D eigenvalue weighted by Crippen LogP contribution is -2.54. The molecule has 160 valence electrons. The standard InChI is InChI=1S/C22H29N3O2.2ClH/c1-15-12-16-6-4-5-7-18(16)25(15)13-19-17(9-11-27-19)21(26)24-10-8-20(23)22(2,3)14-24;;/h4-7,9,11,15,20H,8,10,12-14,23H2,1-3H3;2*1H. The quantitative estimate of drug-likeness (QED) is 0.774. The van der Waals surface area contributed by atoms with Crippen LogP contribution in [-0.4, -0.2) is 36.0 Å². The van der Waals surface area contributed by atoms with Gasteiger partial charge in [-0.1, -0.05) is 32.0 Å². The number of furan rings is 1. The number of amides is 1. The number of benzene rings is 1. The highest BCUT2D eigenvalue weighted by Crippen LogP contribution is 2.34. The SMILES string of the molecule is CC1Cc2ccccc2N1Cc1occc1C(=O)N1CCC(N)C(C)(C)C1.Cl.Cl. The largest absolute Gasteiger partial charge is 0.467 e. The summed E-state index contributed by atoms with van der Waals surface area (Å²) in [7, 11) is 0. The highest BCUT2D eigenvalue weighted by Gasteiger charge is 2.37. The second-order valence-electron chi connectivity index (χ2n) is 8.68. The van der Waals surface area contributed by atoms with Gasteiger partial charge in [0.15, 0.2) is 0 Å². The highest BCUT2D eigenvalue weighted by molar-refractivity contribution is 5.95. The molecule has 3 heterocycles. The molecule has 2 aromatic rings. The number of nitrogens with two attached hydrogens (primary N) is 1. The molecule has 7 heteroatoms. The third-order valence-corrected chi connectivity index (χ3v) is 6.24. The smallest absolute Gasteiger partial charge is 0.257 e. The van der Waals surface area contributed by atoms with Gasteiger partial charge >= 0.3 is 0 Å². The van der Waals surface area contributed by atoms with Gasteiger partial charge in [-0.05, 0) is 42.9 Å². The Bertz CT molecular complexity index is 852. The Kier molecular flexibility index (Phi) is 7.31. The first kappa shape index (κ1) is 23.6. The summed E-state index contributed by atoms with van der Waals surface area (Å²) in [5.41, 5.74) is 9.44. The fourth-order valence-corrected chi connectivity index (χ4v) is 4.40. The number of rotatable bonds is 3. The maximum atomic E-state index is 13.2. The molecular formula is C22H31Cl2N3O2. The van der Waals surface area contributed by atoms with Gasteiger partial charge in [-0.25, -0.2) is 0 Å². The van der Waals surface area contributed by atoms with Gasteiger partial charge in [-0.15, -0.1) is 24.8 Å². The van der Waals surface area contributed by atoms with Gasteiger partial charge in [0.2, 0.25) is 0 Å². The van der Waals surface area contributed by atoms with Gasteiger partial charge < -0.3 is 20.0 Å². The molecule has 1 saturated heterocycles. The van der Waals surface area contributed by atoms with E-state index in [0.717, 1.165) is 18.6 Å². The molecule has 0 bridgehead atoms. The lowest BCUT2D eigenvalue weighted by molar-refractivity contribution is 0.0531. The Hall–Kier alpha value is -1.69. The number of fused-ring (bicyclic) bond motifs is 1. The van der Waals surface area contributed by atoms with E-state index in [1.807, 2.05) is 11.0 Å². The molecular weight excluding hydrogens is 409 g/mol. The minimum absolute atomic E-state index is 0. The van der Waals surface area contributed by atoms with Gasteiger partial charge in [0.1, 0.15) is 5.76 Å². The number of anilines is 1. The van der Waals surface area contributed by atoms with Gasteiger partial charge in [0, 0.05) is 30.9 Å². The third-order valence-electron chi connectivity index (χ3n) is 6.24. The molecule has 2 aliphatic heterocycles. The van der Waals surface area contributed by atoms with E-state index in [-0.39, 0.29) is 42.2 Å². The van der Waals surface area contributed by atoms with E-state index in [2.05, 4.69) is 49.9 Å². The second-order valence-corrected chi connectivity index (χ2v) is 8.68. The van der Waals surface area contributed by atoms with Gasteiger partial charge in [-0.2, -0.15) is 0 Å². The van der Waals surface area contributed by atoms with Crippen molar-refractivity contribution < 1.29 is 9.21 Å². The van der Waals surface area contributed by atoms with E-state index in [4.69, 9.17) is 10.2 Å². The molecule has 1 aromatic carbocycles. The molecule has 5 nitrogen and oxygen atoms in total. The fraction of sp³-hybridized carbons (Fsp3) is 0.500. The average Bonchev–Trinajstić information content (AvgIpc) is 3.22. The summed E-state index contributed by atoms with van der Waals surface area (Å²) in [5.74, 6) is 0.801. The molecule has 1 aromatic heterocycles. The Labute approximate surface area is 185 Å². The zero-order valence-corrected chi connectivity index (χ0v) is 18.9. The van der Waals surface area contributed by atoms with Crippen molar-refractivity contribution in [2.24, 2.45) is 11.1 Å². The number of nitrogens with zero attached hydrogens (tertiary/aromatic N) is 2. The van der Waals surface area contributed by atoms with E-state index < -0.39 is 0 Å². The van der Waals surface area contributed by atoms with Crippen LogP contribution in [0.25, 0.3) is 0 Å². The van der Waals surface area contributed by atoms with Crippen LogP contribution in [0.5, 0.6) is 0 Å². The normalized spacial score (nSPS) is 22.5. The van der Waals surface area contributed by atoms with Crippen LogP contribution < -0.4 is 10.6 Å². The van der Waals surface area contributed by atoms with Crippen molar-refractivity contribution in [1.82, 2.24) is 4.90 Å². The van der Waals surface area contributed by atoms with Crippen LogP contribution in [0, 0.1) is 5.41 Å². The topological polar surface area (TPSA) is 62.7 Å². The summed E-state index contributed by atoms with van der Waals surface area (Å²) in [6.45, 7) is 8.49. The summed E-state index contributed by atoms with van der Waals surface area (Å²) in [4.78, 5) is 17.4. The zero-order valence-electron chi connectivity index (χ0n) is 17.3. The molecule has 0 saturated carbocycles. The molecule has 1 amide bonds. The number of hydrogen-bond donors (Lipinski definition) is 1. The van der Waals surface area contributed by atoms with Gasteiger partial charge in [-0.3, -0.25) is 4.79 Å². The highest BCUT2D eigenvalue weighted by atomic mass is 35.5. The lowest BCUT2D eigenvalue weighted by Gasteiger charge is -2.42. The third kappa shape index (κ3) is 4.42. The van der Waals surface area contributed by atoms with E-state index in [0.29, 0.717) is 31.2 Å². The molecule has 2 N–H and O–H groups in total. The molecule has 0 radical (unpaired) electrons. The van der Waals surface area contributed by atoms with Gasteiger partial charge in [0.25, 0.3) is 5.91 Å². The number of piperidine rings is 1. The average molecular weight is 440 g/mol. The summed E-state index contributed by atoms with van der Waals surface area (Å²) in [6, 6.07) is 10.8. The Morgan fingerprint density at radius 1 is 1.24 bits per heavy atom. The molecule has 4 rings (SSSR count). The maximum absolute atomic E-state index is 13.2.